The molecule has 25 heavy (non-hydrogen) atoms. The molecule has 0 spiro atoms. The second-order valence-electron chi connectivity index (χ2n) is 6.54. The summed E-state index contributed by atoms with van der Waals surface area (Å²) in [6.07, 6.45) is 1.71. The highest BCUT2D eigenvalue weighted by atomic mass is 16.5. The fourth-order valence-corrected chi connectivity index (χ4v) is 3.33. The van der Waals surface area contributed by atoms with Crippen molar-refractivity contribution >= 4 is 0 Å². The Kier molecular flexibility index (Phi) is 7.96. The summed E-state index contributed by atoms with van der Waals surface area (Å²) in [6, 6.07) is 18.1. The van der Waals surface area contributed by atoms with Gasteiger partial charge in [0.05, 0.1) is 13.2 Å². The van der Waals surface area contributed by atoms with Crippen molar-refractivity contribution in [2.24, 2.45) is 0 Å². The van der Waals surface area contributed by atoms with E-state index >= 15 is 0 Å². The van der Waals surface area contributed by atoms with E-state index in [4.69, 9.17) is 4.74 Å². The second-order valence-corrected chi connectivity index (χ2v) is 6.54. The molecule has 0 saturated heterocycles. The van der Waals surface area contributed by atoms with E-state index in [1.54, 1.807) is 7.11 Å². The monoisotopic (exact) mass is 341 g/mol. The van der Waals surface area contributed by atoms with Gasteiger partial charge in [0.2, 0.25) is 0 Å². The minimum atomic E-state index is -0.537. The Labute approximate surface area is 152 Å². The number of aliphatic hydroxyl groups excluding tert-OH is 1. The molecule has 0 amide bonds. The highest BCUT2D eigenvalue weighted by Gasteiger charge is 2.25. The standard InChI is InChI=1S/C22H31NO2/c1-4-15-23(16-5-2)17-21(18-9-7-6-8-10-18)22(24)19-11-13-20(25-3)14-12-19/h6-14,21-22,24H,4-5,15-17H2,1-3H3/t21-,22+/m1/s1. The Morgan fingerprint density at radius 2 is 1.48 bits per heavy atom. The molecule has 2 atom stereocenters. The molecule has 2 rings (SSSR count). The Bertz CT molecular complexity index is 591. The van der Waals surface area contributed by atoms with E-state index in [9.17, 15) is 5.11 Å². The molecule has 0 aliphatic rings. The van der Waals surface area contributed by atoms with Crippen molar-refractivity contribution in [3.05, 3.63) is 65.7 Å². The number of aliphatic hydroxyl groups is 1. The molecule has 0 aliphatic carbocycles. The Morgan fingerprint density at radius 3 is 2.00 bits per heavy atom. The van der Waals surface area contributed by atoms with Crippen molar-refractivity contribution in [2.45, 2.75) is 38.7 Å². The van der Waals surface area contributed by atoms with Gasteiger partial charge in [0.25, 0.3) is 0 Å². The Balaban J connectivity index is 2.26. The number of ether oxygens (including phenoxy) is 1. The van der Waals surface area contributed by atoms with Crippen LogP contribution in [-0.2, 0) is 0 Å². The Hall–Kier alpha value is -1.84. The van der Waals surface area contributed by atoms with Crippen LogP contribution in [-0.4, -0.2) is 36.8 Å². The third kappa shape index (κ3) is 5.58. The summed E-state index contributed by atoms with van der Waals surface area (Å²) < 4.78 is 5.23. The minimum absolute atomic E-state index is 0.0488. The lowest BCUT2D eigenvalue weighted by Crippen LogP contribution is -2.32. The van der Waals surface area contributed by atoms with Crippen molar-refractivity contribution in [1.29, 1.82) is 0 Å². The molecule has 0 aliphatic heterocycles. The molecule has 0 aromatic heterocycles. The van der Waals surface area contributed by atoms with Crippen LogP contribution < -0.4 is 4.74 Å². The summed E-state index contributed by atoms with van der Waals surface area (Å²) in [6.45, 7) is 7.40. The van der Waals surface area contributed by atoms with Crippen molar-refractivity contribution in [2.75, 3.05) is 26.7 Å². The SMILES string of the molecule is CCCN(CCC)C[C@H](c1ccccc1)[C@@H](O)c1ccc(OC)cc1. The molecule has 0 saturated carbocycles. The van der Waals surface area contributed by atoms with Gasteiger partial charge in [-0.05, 0) is 49.2 Å². The molecular weight excluding hydrogens is 310 g/mol. The summed E-state index contributed by atoms with van der Waals surface area (Å²) in [4.78, 5) is 2.46. The van der Waals surface area contributed by atoms with Gasteiger partial charge in [-0.3, -0.25) is 0 Å². The van der Waals surface area contributed by atoms with Crippen molar-refractivity contribution < 1.29 is 9.84 Å². The third-order valence-electron chi connectivity index (χ3n) is 4.60. The molecule has 0 radical (unpaired) electrons. The number of methoxy groups -OCH3 is 1. The first-order chi connectivity index (χ1) is 12.2. The van der Waals surface area contributed by atoms with E-state index in [0.717, 1.165) is 43.8 Å². The quantitative estimate of drug-likeness (QED) is 0.683. The zero-order valence-electron chi connectivity index (χ0n) is 15.7. The number of rotatable bonds is 10. The van der Waals surface area contributed by atoms with Crippen LogP contribution in [0.1, 0.15) is 49.8 Å². The highest BCUT2D eigenvalue weighted by molar-refractivity contribution is 5.31. The number of hydrogen-bond acceptors (Lipinski definition) is 3. The number of hydrogen-bond donors (Lipinski definition) is 1. The van der Waals surface area contributed by atoms with Gasteiger partial charge in [-0.2, -0.15) is 0 Å². The molecule has 0 heterocycles. The normalized spacial score (nSPS) is 13.6. The maximum absolute atomic E-state index is 11.1. The number of nitrogens with zero attached hydrogens (tertiary/aromatic N) is 1. The molecule has 136 valence electrons. The maximum atomic E-state index is 11.1. The van der Waals surface area contributed by atoms with E-state index in [2.05, 4.69) is 30.9 Å². The van der Waals surface area contributed by atoms with Crippen LogP contribution in [0, 0.1) is 0 Å². The first-order valence-electron chi connectivity index (χ1n) is 9.28. The van der Waals surface area contributed by atoms with Crippen LogP contribution >= 0.6 is 0 Å². The van der Waals surface area contributed by atoms with Gasteiger partial charge in [-0.25, -0.2) is 0 Å². The maximum Gasteiger partial charge on any atom is 0.118 e. The predicted octanol–water partition coefficient (Wildman–Crippen LogP) is 4.63. The molecule has 3 heteroatoms. The summed E-state index contributed by atoms with van der Waals surface area (Å²) >= 11 is 0. The van der Waals surface area contributed by atoms with Gasteiger partial charge in [-0.1, -0.05) is 56.3 Å². The van der Waals surface area contributed by atoms with Crippen molar-refractivity contribution in [1.82, 2.24) is 4.90 Å². The molecule has 1 N–H and O–H groups in total. The largest absolute Gasteiger partial charge is 0.497 e. The third-order valence-corrected chi connectivity index (χ3v) is 4.60. The zero-order chi connectivity index (χ0) is 18.1. The van der Waals surface area contributed by atoms with E-state index in [0.29, 0.717) is 0 Å². The van der Waals surface area contributed by atoms with E-state index in [-0.39, 0.29) is 5.92 Å². The molecule has 2 aromatic carbocycles. The summed E-state index contributed by atoms with van der Waals surface area (Å²) in [5.41, 5.74) is 2.12. The average molecular weight is 341 g/mol. The second kappa shape index (κ2) is 10.2. The minimum Gasteiger partial charge on any atom is -0.497 e. The topological polar surface area (TPSA) is 32.7 Å². The molecule has 2 aromatic rings. The van der Waals surface area contributed by atoms with Crippen LogP contribution in [0.15, 0.2) is 54.6 Å². The van der Waals surface area contributed by atoms with Crippen molar-refractivity contribution in [3.63, 3.8) is 0 Å². The lowest BCUT2D eigenvalue weighted by atomic mass is 9.88. The van der Waals surface area contributed by atoms with Gasteiger partial charge in [0.1, 0.15) is 5.75 Å². The van der Waals surface area contributed by atoms with Crippen LogP contribution in [0.5, 0.6) is 5.75 Å². The number of benzene rings is 2. The van der Waals surface area contributed by atoms with E-state index in [1.807, 2.05) is 42.5 Å². The van der Waals surface area contributed by atoms with Gasteiger partial charge < -0.3 is 14.7 Å². The van der Waals surface area contributed by atoms with E-state index in [1.165, 1.54) is 5.56 Å². The molecule has 0 bridgehead atoms. The lowest BCUT2D eigenvalue weighted by molar-refractivity contribution is 0.116. The van der Waals surface area contributed by atoms with Gasteiger partial charge in [0, 0.05) is 12.5 Å². The van der Waals surface area contributed by atoms with Gasteiger partial charge in [-0.15, -0.1) is 0 Å². The van der Waals surface area contributed by atoms with Crippen LogP contribution in [0.2, 0.25) is 0 Å². The fourth-order valence-electron chi connectivity index (χ4n) is 3.33. The predicted molar refractivity (Wildman–Crippen MR) is 104 cm³/mol. The van der Waals surface area contributed by atoms with E-state index < -0.39 is 6.10 Å². The van der Waals surface area contributed by atoms with Crippen LogP contribution in [0.4, 0.5) is 0 Å². The smallest absolute Gasteiger partial charge is 0.118 e. The summed E-state index contributed by atoms with van der Waals surface area (Å²) in [7, 11) is 1.66. The Morgan fingerprint density at radius 1 is 0.880 bits per heavy atom. The highest BCUT2D eigenvalue weighted by Crippen LogP contribution is 2.32. The average Bonchev–Trinajstić information content (AvgIpc) is 2.66. The molecule has 0 unspecified atom stereocenters. The summed E-state index contributed by atoms with van der Waals surface area (Å²) in [5.74, 6) is 0.860. The fraction of sp³-hybridized carbons (Fsp3) is 0.455. The first kappa shape index (κ1) is 19.5. The van der Waals surface area contributed by atoms with Gasteiger partial charge in [0.15, 0.2) is 0 Å². The van der Waals surface area contributed by atoms with Crippen LogP contribution in [0.3, 0.4) is 0 Å². The summed E-state index contributed by atoms with van der Waals surface area (Å²) in [5, 5.41) is 11.1. The van der Waals surface area contributed by atoms with Crippen molar-refractivity contribution in [3.8, 4) is 5.75 Å². The molecule has 3 nitrogen and oxygen atoms in total. The van der Waals surface area contributed by atoms with Crippen LogP contribution in [0.25, 0.3) is 0 Å². The molecule has 0 fully saturated rings. The lowest BCUT2D eigenvalue weighted by Gasteiger charge is -2.30. The first-order valence-corrected chi connectivity index (χ1v) is 9.28. The zero-order valence-corrected chi connectivity index (χ0v) is 15.7. The van der Waals surface area contributed by atoms with Gasteiger partial charge >= 0.3 is 0 Å². The molecular formula is C22H31NO2.